The third kappa shape index (κ3) is 4.83. The largest absolute Gasteiger partial charge is 0.461 e. The smallest absolute Gasteiger partial charge is 0.428 e. The zero-order valence-electron chi connectivity index (χ0n) is 11.2. The lowest BCUT2D eigenvalue weighted by Crippen LogP contribution is -2.33. The molecule has 0 radical (unpaired) electrons. The average Bonchev–Trinajstić information content (AvgIpc) is 2.36. The van der Waals surface area contributed by atoms with Gasteiger partial charge in [-0.25, -0.2) is 0 Å². The van der Waals surface area contributed by atoms with Crippen molar-refractivity contribution in [1.29, 1.82) is 0 Å². The summed E-state index contributed by atoms with van der Waals surface area (Å²) in [6.07, 6.45) is -7.56. The summed E-state index contributed by atoms with van der Waals surface area (Å²) in [6.45, 7) is 3.88. The third-order valence-corrected chi connectivity index (χ3v) is 3.01. The van der Waals surface area contributed by atoms with E-state index in [0.717, 1.165) is 6.42 Å². The van der Waals surface area contributed by atoms with Crippen molar-refractivity contribution in [1.82, 2.24) is 0 Å². The molecule has 2 atom stereocenters. The summed E-state index contributed by atoms with van der Waals surface area (Å²) in [6, 6.07) is 5.23. The van der Waals surface area contributed by atoms with Crippen LogP contribution in [0.1, 0.15) is 31.9 Å². The molecular weight excluding hydrogens is 298 g/mol. The summed E-state index contributed by atoms with van der Waals surface area (Å²) in [4.78, 5) is 0. The van der Waals surface area contributed by atoms with Gasteiger partial charge in [0.15, 0.2) is 0 Å². The fourth-order valence-electron chi connectivity index (χ4n) is 1.57. The number of hydrogen-bond acceptors (Lipinski definition) is 2. The van der Waals surface area contributed by atoms with Gasteiger partial charge in [0.25, 0.3) is 0 Å². The van der Waals surface area contributed by atoms with E-state index in [0.29, 0.717) is 5.56 Å². The highest BCUT2D eigenvalue weighted by Gasteiger charge is 2.44. The lowest BCUT2D eigenvalue weighted by Gasteiger charge is -2.21. The molecule has 0 heterocycles. The highest BCUT2D eigenvalue weighted by Crippen LogP contribution is 2.30. The SMILES string of the molecule is CCC(C)[C@@H](N)c1cccc(OC(F)(F)C(F)F)c1.Cl. The second-order valence-electron chi connectivity index (χ2n) is 4.45. The first-order chi connectivity index (χ1) is 8.77. The van der Waals surface area contributed by atoms with E-state index in [1.165, 1.54) is 18.2 Å². The second-order valence-corrected chi connectivity index (χ2v) is 4.45. The summed E-state index contributed by atoms with van der Waals surface area (Å²) in [5.74, 6) is -0.174. The molecule has 20 heavy (non-hydrogen) atoms. The Labute approximate surface area is 121 Å². The molecule has 0 aliphatic heterocycles. The number of nitrogens with two attached hydrogens (primary N) is 1. The summed E-state index contributed by atoms with van der Waals surface area (Å²) >= 11 is 0. The van der Waals surface area contributed by atoms with Crippen LogP contribution in [0.5, 0.6) is 5.75 Å². The molecule has 0 aliphatic rings. The maximum Gasteiger partial charge on any atom is 0.461 e. The minimum atomic E-state index is -4.50. The highest BCUT2D eigenvalue weighted by molar-refractivity contribution is 5.85. The van der Waals surface area contributed by atoms with Gasteiger partial charge in [0.05, 0.1) is 0 Å². The van der Waals surface area contributed by atoms with Gasteiger partial charge in [-0.1, -0.05) is 32.4 Å². The molecule has 0 saturated carbocycles. The normalized spacial score (nSPS) is 14.6. The van der Waals surface area contributed by atoms with Gasteiger partial charge >= 0.3 is 12.5 Å². The van der Waals surface area contributed by atoms with Crippen LogP contribution in [0, 0.1) is 5.92 Å². The first-order valence-electron chi connectivity index (χ1n) is 5.98. The quantitative estimate of drug-likeness (QED) is 0.790. The van der Waals surface area contributed by atoms with Gasteiger partial charge in [-0.2, -0.15) is 17.6 Å². The topological polar surface area (TPSA) is 35.2 Å². The highest BCUT2D eigenvalue weighted by atomic mass is 35.5. The molecule has 0 fully saturated rings. The maximum atomic E-state index is 12.8. The zero-order valence-corrected chi connectivity index (χ0v) is 12.0. The van der Waals surface area contributed by atoms with E-state index >= 15 is 0 Å². The Morgan fingerprint density at radius 2 is 1.90 bits per heavy atom. The van der Waals surface area contributed by atoms with E-state index in [4.69, 9.17) is 5.73 Å². The first-order valence-corrected chi connectivity index (χ1v) is 5.98. The van der Waals surface area contributed by atoms with Gasteiger partial charge in [-0.3, -0.25) is 0 Å². The van der Waals surface area contributed by atoms with Gasteiger partial charge in [0, 0.05) is 6.04 Å². The van der Waals surface area contributed by atoms with Gasteiger partial charge in [-0.15, -0.1) is 12.4 Å². The summed E-state index contributed by atoms with van der Waals surface area (Å²) in [5.41, 5.74) is 6.53. The van der Waals surface area contributed by atoms with Crippen LogP contribution in [0.15, 0.2) is 24.3 Å². The van der Waals surface area contributed by atoms with Gasteiger partial charge in [0.1, 0.15) is 5.75 Å². The van der Waals surface area contributed by atoms with Crippen molar-refractivity contribution in [3.63, 3.8) is 0 Å². The Morgan fingerprint density at radius 3 is 2.40 bits per heavy atom. The molecule has 7 heteroatoms. The van der Waals surface area contributed by atoms with Crippen LogP contribution in [0.25, 0.3) is 0 Å². The van der Waals surface area contributed by atoms with Crippen LogP contribution in [0.4, 0.5) is 17.6 Å². The Morgan fingerprint density at radius 1 is 1.30 bits per heavy atom. The Kier molecular flexibility index (Phi) is 7.30. The molecule has 1 rings (SSSR count). The van der Waals surface area contributed by atoms with E-state index in [-0.39, 0.29) is 30.1 Å². The van der Waals surface area contributed by atoms with E-state index < -0.39 is 12.5 Å². The molecule has 0 spiro atoms. The van der Waals surface area contributed by atoms with Crippen LogP contribution in [0.3, 0.4) is 0 Å². The van der Waals surface area contributed by atoms with Gasteiger partial charge in [-0.05, 0) is 23.6 Å². The number of rotatable bonds is 6. The van der Waals surface area contributed by atoms with Crippen LogP contribution in [-0.4, -0.2) is 12.5 Å². The third-order valence-electron chi connectivity index (χ3n) is 3.01. The molecule has 1 unspecified atom stereocenters. The number of alkyl halides is 4. The number of halogens is 5. The Balaban J connectivity index is 0.00000361. The van der Waals surface area contributed by atoms with Crippen molar-refractivity contribution < 1.29 is 22.3 Å². The number of ether oxygens (including phenoxy) is 1. The Hall–Kier alpha value is -1.01. The van der Waals surface area contributed by atoms with E-state index in [9.17, 15) is 17.6 Å². The van der Waals surface area contributed by atoms with Gasteiger partial charge in [0.2, 0.25) is 0 Å². The van der Waals surface area contributed by atoms with Crippen molar-refractivity contribution in [2.45, 2.75) is 38.8 Å². The molecule has 0 bridgehead atoms. The molecule has 1 aromatic rings. The molecule has 0 aliphatic carbocycles. The standard InChI is InChI=1S/C13H17F4NO.ClH/c1-3-8(2)11(18)9-5-4-6-10(7-9)19-13(16,17)12(14)15;/h4-8,11-12H,3,18H2,1-2H3;1H/t8?,11-;/m1./s1. The maximum absolute atomic E-state index is 12.8. The molecule has 1 aromatic carbocycles. The average molecular weight is 316 g/mol. The minimum Gasteiger partial charge on any atom is -0.428 e. The van der Waals surface area contributed by atoms with E-state index in [2.05, 4.69) is 4.74 Å². The fraction of sp³-hybridized carbons (Fsp3) is 0.538. The zero-order chi connectivity index (χ0) is 14.6. The van der Waals surface area contributed by atoms with Crippen LogP contribution in [0.2, 0.25) is 0 Å². The summed E-state index contributed by atoms with van der Waals surface area (Å²) in [7, 11) is 0. The number of hydrogen-bond donors (Lipinski definition) is 1. The van der Waals surface area contributed by atoms with Crippen LogP contribution >= 0.6 is 12.4 Å². The van der Waals surface area contributed by atoms with Crippen molar-refractivity contribution in [2.75, 3.05) is 0 Å². The van der Waals surface area contributed by atoms with Crippen LogP contribution in [-0.2, 0) is 0 Å². The lowest BCUT2D eigenvalue weighted by molar-refractivity contribution is -0.253. The molecular formula is C13H18ClF4NO. The molecule has 116 valence electrons. The summed E-state index contributed by atoms with van der Waals surface area (Å²) in [5, 5.41) is 0. The minimum absolute atomic E-state index is 0. The van der Waals surface area contributed by atoms with Gasteiger partial charge < -0.3 is 10.5 Å². The first kappa shape index (κ1) is 19.0. The molecule has 2 nitrogen and oxygen atoms in total. The van der Waals surface area contributed by atoms with E-state index in [1.807, 2.05) is 13.8 Å². The van der Waals surface area contributed by atoms with E-state index in [1.54, 1.807) is 6.07 Å². The fourth-order valence-corrected chi connectivity index (χ4v) is 1.57. The molecule has 0 saturated heterocycles. The predicted octanol–water partition coefficient (Wildman–Crippen LogP) is 4.39. The molecule has 2 N–H and O–H groups in total. The molecule has 0 aromatic heterocycles. The van der Waals surface area contributed by atoms with Crippen LogP contribution < -0.4 is 10.5 Å². The second kappa shape index (κ2) is 7.69. The van der Waals surface area contributed by atoms with Crippen molar-refractivity contribution in [3.8, 4) is 5.75 Å². The lowest BCUT2D eigenvalue weighted by atomic mass is 9.93. The van der Waals surface area contributed by atoms with Crippen molar-refractivity contribution in [2.24, 2.45) is 11.7 Å². The molecule has 0 amide bonds. The Bertz CT molecular complexity index is 417. The van der Waals surface area contributed by atoms with Crippen molar-refractivity contribution in [3.05, 3.63) is 29.8 Å². The number of benzene rings is 1. The van der Waals surface area contributed by atoms with Crippen molar-refractivity contribution >= 4 is 12.4 Å². The summed E-state index contributed by atoms with van der Waals surface area (Å²) < 4.78 is 53.7. The predicted molar refractivity (Wildman–Crippen MR) is 71.7 cm³/mol. The monoisotopic (exact) mass is 315 g/mol.